The van der Waals surface area contributed by atoms with Gasteiger partial charge in [-0.3, -0.25) is 9.88 Å². The first-order chi connectivity index (χ1) is 9.42. The number of hydrogen-bond donors (Lipinski definition) is 0. The Balaban J connectivity index is 1.44. The summed E-state index contributed by atoms with van der Waals surface area (Å²) in [5.41, 5.74) is 1.16. The van der Waals surface area contributed by atoms with Gasteiger partial charge in [0.1, 0.15) is 0 Å². The van der Waals surface area contributed by atoms with Crippen molar-refractivity contribution in [3.05, 3.63) is 30.1 Å². The quantitative estimate of drug-likeness (QED) is 0.829. The molecule has 1 aromatic heterocycles. The van der Waals surface area contributed by atoms with Crippen molar-refractivity contribution in [2.24, 2.45) is 0 Å². The number of ether oxygens (including phenoxy) is 2. The molecule has 3 heterocycles. The number of hydrogen-bond acceptors (Lipinski definition) is 4. The first-order valence-corrected chi connectivity index (χ1v) is 7.24. The summed E-state index contributed by atoms with van der Waals surface area (Å²) in [6, 6.07) is 4.74. The molecule has 4 nitrogen and oxygen atoms in total. The molecular formula is C15H22N2O2. The van der Waals surface area contributed by atoms with Crippen LogP contribution in [-0.4, -0.2) is 48.3 Å². The van der Waals surface area contributed by atoms with Crippen molar-refractivity contribution in [3.8, 4) is 0 Å². The summed E-state index contributed by atoms with van der Waals surface area (Å²) in [6.45, 7) is 4.76. The highest BCUT2D eigenvalue weighted by molar-refractivity contribution is 5.06. The van der Waals surface area contributed by atoms with E-state index in [2.05, 4.69) is 16.0 Å². The maximum absolute atomic E-state index is 6.00. The predicted octanol–water partition coefficient (Wildman–Crippen LogP) is 1.85. The van der Waals surface area contributed by atoms with E-state index in [-0.39, 0.29) is 0 Å². The fourth-order valence-corrected chi connectivity index (χ4v) is 2.97. The molecule has 0 bridgehead atoms. The van der Waals surface area contributed by atoms with Crippen molar-refractivity contribution >= 4 is 0 Å². The molecule has 3 rings (SSSR count). The molecule has 2 saturated heterocycles. The van der Waals surface area contributed by atoms with Crippen LogP contribution in [0.1, 0.15) is 24.8 Å². The second-order valence-corrected chi connectivity index (χ2v) is 5.42. The first kappa shape index (κ1) is 13.0. The van der Waals surface area contributed by atoms with Crippen LogP contribution in [0.4, 0.5) is 0 Å². The van der Waals surface area contributed by atoms with Gasteiger partial charge in [-0.05, 0) is 30.9 Å². The molecule has 2 fully saturated rings. The summed E-state index contributed by atoms with van der Waals surface area (Å²) in [7, 11) is 0. The number of likely N-dealkylation sites (tertiary alicyclic amines) is 1. The first-order valence-electron chi connectivity index (χ1n) is 7.24. The zero-order valence-corrected chi connectivity index (χ0v) is 11.3. The van der Waals surface area contributed by atoms with Crippen molar-refractivity contribution in [2.75, 3.05) is 26.3 Å². The van der Waals surface area contributed by atoms with Gasteiger partial charge in [-0.2, -0.15) is 0 Å². The molecule has 2 aliphatic rings. The predicted molar refractivity (Wildman–Crippen MR) is 72.8 cm³/mol. The Bertz CT molecular complexity index is 379. The Morgan fingerprint density at radius 2 is 2.21 bits per heavy atom. The second-order valence-electron chi connectivity index (χ2n) is 5.42. The third kappa shape index (κ3) is 3.53. The van der Waals surface area contributed by atoms with Gasteiger partial charge in [-0.25, -0.2) is 0 Å². The summed E-state index contributed by atoms with van der Waals surface area (Å²) in [4.78, 5) is 6.69. The molecule has 0 radical (unpaired) electrons. The standard InChI is InChI=1S/C15H22N2O2/c1-2-13(10-16-6-1)12-19-15-3-7-17(11-15)14-4-8-18-9-5-14/h1-2,6,10,14-15H,3-5,7-9,11-12H2. The monoisotopic (exact) mass is 262 g/mol. The maximum atomic E-state index is 6.00. The van der Waals surface area contributed by atoms with Crippen LogP contribution in [0, 0.1) is 0 Å². The summed E-state index contributed by atoms with van der Waals surface area (Å²) >= 11 is 0. The Morgan fingerprint density at radius 3 is 3.00 bits per heavy atom. The lowest BCUT2D eigenvalue weighted by Gasteiger charge is -2.30. The van der Waals surface area contributed by atoms with E-state index in [1.54, 1.807) is 6.20 Å². The van der Waals surface area contributed by atoms with Crippen LogP contribution in [0.15, 0.2) is 24.5 Å². The van der Waals surface area contributed by atoms with Crippen molar-refractivity contribution < 1.29 is 9.47 Å². The molecule has 1 aromatic rings. The van der Waals surface area contributed by atoms with E-state index >= 15 is 0 Å². The molecule has 0 aromatic carbocycles. The largest absolute Gasteiger partial charge is 0.381 e. The molecule has 1 atom stereocenters. The van der Waals surface area contributed by atoms with E-state index in [4.69, 9.17) is 9.47 Å². The van der Waals surface area contributed by atoms with Gasteiger partial charge in [0.15, 0.2) is 0 Å². The molecule has 0 aliphatic carbocycles. The molecule has 19 heavy (non-hydrogen) atoms. The van der Waals surface area contributed by atoms with Gasteiger partial charge in [-0.1, -0.05) is 6.07 Å². The van der Waals surface area contributed by atoms with Gasteiger partial charge < -0.3 is 9.47 Å². The normalized spacial score (nSPS) is 25.8. The Hall–Kier alpha value is -0.970. The molecule has 0 amide bonds. The molecule has 104 valence electrons. The molecular weight excluding hydrogens is 240 g/mol. The van der Waals surface area contributed by atoms with Crippen LogP contribution >= 0.6 is 0 Å². The molecule has 0 N–H and O–H groups in total. The summed E-state index contributed by atoms with van der Waals surface area (Å²) in [5, 5.41) is 0. The van der Waals surface area contributed by atoms with E-state index in [9.17, 15) is 0 Å². The number of rotatable bonds is 4. The highest BCUT2D eigenvalue weighted by Crippen LogP contribution is 2.22. The summed E-state index contributed by atoms with van der Waals surface area (Å²) in [6.07, 6.45) is 7.56. The van der Waals surface area contributed by atoms with Gasteiger partial charge in [0.25, 0.3) is 0 Å². The lowest BCUT2D eigenvalue weighted by molar-refractivity contribution is 0.0205. The molecule has 1 unspecified atom stereocenters. The Kier molecular flexibility index (Phi) is 4.43. The van der Waals surface area contributed by atoms with Crippen LogP contribution < -0.4 is 0 Å². The smallest absolute Gasteiger partial charge is 0.0736 e. The molecule has 2 aliphatic heterocycles. The van der Waals surface area contributed by atoms with Crippen molar-refractivity contribution in [1.29, 1.82) is 0 Å². The maximum Gasteiger partial charge on any atom is 0.0736 e. The molecule has 0 spiro atoms. The van der Waals surface area contributed by atoms with Crippen LogP contribution in [0.5, 0.6) is 0 Å². The van der Waals surface area contributed by atoms with Crippen LogP contribution in [0.3, 0.4) is 0 Å². The minimum absolute atomic E-state index is 0.378. The van der Waals surface area contributed by atoms with E-state index in [1.165, 1.54) is 19.4 Å². The van der Waals surface area contributed by atoms with Crippen molar-refractivity contribution in [1.82, 2.24) is 9.88 Å². The fraction of sp³-hybridized carbons (Fsp3) is 0.667. The summed E-state index contributed by atoms with van der Waals surface area (Å²) in [5.74, 6) is 0. The third-order valence-electron chi connectivity index (χ3n) is 4.09. The minimum atomic E-state index is 0.378. The van der Waals surface area contributed by atoms with E-state index < -0.39 is 0 Å². The Labute approximate surface area is 114 Å². The highest BCUT2D eigenvalue weighted by Gasteiger charge is 2.29. The van der Waals surface area contributed by atoms with Gasteiger partial charge in [0, 0.05) is 44.7 Å². The van der Waals surface area contributed by atoms with Crippen molar-refractivity contribution in [3.63, 3.8) is 0 Å². The average molecular weight is 262 g/mol. The topological polar surface area (TPSA) is 34.6 Å². The highest BCUT2D eigenvalue weighted by atomic mass is 16.5. The van der Waals surface area contributed by atoms with Crippen LogP contribution in [0.25, 0.3) is 0 Å². The number of pyridine rings is 1. The molecule has 0 saturated carbocycles. The van der Waals surface area contributed by atoms with Crippen LogP contribution in [-0.2, 0) is 16.1 Å². The van der Waals surface area contributed by atoms with E-state index in [1.807, 2.05) is 12.3 Å². The van der Waals surface area contributed by atoms with Gasteiger partial charge >= 0.3 is 0 Å². The van der Waals surface area contributed by atoms with Gasteiger partial charge in [-0.15, -0.1) is 0 Å². The fourth-order valence-electron chi connectivity index (χ4n) is 2.97. The molecule has 4 heteroatoms. The number of nitrogens with zero attached hydrogens (tertiary/aromatic N) is 2. The zero-order valence-electron chi connectivity index (χ0n) is 11.3. The van der Waals surface area contributed by atoms with E-state index in [0.717, 1.165) is 31.7 Å². The second kappa shape index (κ2) is 6.46. The average Bonchev–Trinajstić information content (AvgIpc) is 2.96. The lowest BCUT2D eigenvalue weighted by atomic mass is 10.1. The van der Waals surface area contributed by atoms with Gasteiger partial charge in [0.05, 0.1) is 12.7 Å². The number of aromatic nitrogens is 1. The van der Waals surface area contributed by atoms with E-state index in [0.29, 0.717) is 18.8 Å². The summed E-state index contributed by atoms with van der Waals surface area (Å²) < 4.78 is 11.4. The third-order valence-corrected chi connectivity index (χ3v) is 4.09. The van der Waals surface area contributed by atoms with Gasteiger partial charge in [0.2, 0.25) is 0 Å². The Morgan fingerprint density at radius 1 is 1.32 bits per heavy atom. The minimum Gasteiger partial charge on any atom is -0.381 e. The van der Waals surface area contributed by atoms with Crippen LogP contribution in [0.2, 0.25) is 0 Å². The zero-order chi connectivity index (χ0) is 12.9. The SMILES string of the molecule is c1cncc(COC2CCN(C3CCOCC3)C2)c1. The van der Waals surface area contributed by atoms with Crippen molar-refractivity contribution in [2.45, 2.75) is 38.0 Å². The lowest BCUT2D eigenvalue weighted by Crippen LogP contribution is -2.38.